The van der Waals surface area contributed by atoms with Crippen LogP contribution in [0.5, 0.6) is 5.88 Å². The van der Waals surface area contributed by atoms with E-state index in [1.165, 1.54) is 23.8 Å². The van der Waals surface area contributed by atoms with Crippen LogP contribution in [0, 0.1) is 18.6 Å². The van der Waals surface area contributed by atoms with Crippen molar-refractivity contribution < 1.29 is 18.3 Å². The van der Waals surface area contributed by atoms with Crippen molar-refractivity contribution in [3.63, 3.8) is 0 Å². The van der Waals surface area contributed by atoms with Gasteiger partial charge in [-0.3, -0.25) is 18.6 Å². The van der Waals surface area contributed by atoms with Gasteiger partial charge >= 0.3 is 5.69 Å². The van der Waals surface area contributed by atoms with Crippen LogP contribution < -0.4 is 21.3 Å². The van der Waals surface area contributed by atoms with E-state index >= 15 is 0 Å². The standard InChI is InChI=1S/C22H18F2N4O4S/c1-12-20(30)27(10-13-3-5-15(23)16(24)7-13)22(31)28-11-17(33-21(12)28)19(29)26-9-14-4-6-18(32-2)25-8-14/h3-8,11H,9-10H2,1-2H3,(H,26,29). The van der Waals surface area contributed by atoms with E-state index in [1.807, 2.05) is 0 Å². The molecule has 0 aliphatic carbocycles. The number of fused-ring (bicyclic) bond motifs is 1. The first kappa shape index (κ1) is 22.3. The molecule has 4 rings (SSSR count). The van der Waals surface area contributed by atoms with E-state index in [0.717, 1.165) is 33.6 Å². The second kappa shape index (κ2) is 8.94. The molecule has 0 spiro atoms. The number of rotatable bonds is 6. The number of ether oxygens (including phenoxy) is 1. The molecule has 0 radical (unpaired) electrons. The molecular weight excluding hydrogens is 454 g/mol. The van der Waals surface area contributed by atoms with E-state index in [0.29, 0.717) is 10.7 Å². The van der Waals surface area contributed by atoms with Crippen molar-refractivity contribution in [2.24, 2.45) is 0 Å². The summed E-state index contributed by atoms with van der Waals surface area (Å²) in [6.45, 7) is 1.52. The number of carbonyl (C=O) groups excluding carboxylic acids is 1. The predicted octanol–water partition coefficient (Wildman–Crippen LogP) is 2.49. The zero-order valence-corrected chi connectivity index (χ0v) is 18.4. The maximum Gasteiger partial charge on any atom is 0.336 e. The highest BCUT2D eigenvalue weighted by Crippen LogP contribution is 2.19. The molecule has 1 amide bonds. The van der Waals surface area contributed by atoms with Crippen LogP contribution in [0.25, 0.3) is 4.83 Å². The van der Waals surface area contributed by atoms with Gasteiger partial charge in [0.15, 0.2) is 11.6 Å². The third-order valence-corrected chi connectivity index (χ3v) is 6.21. The van der Waals surface area contributed by atoms with Crippen molar-refractivity contribution >= 4 is 22.1 Å². The average molecular weight is 472 g/mol. The largest absolute Gasteiger partial charge is 0.481 e. The summed E-state index contributed by atoms with van der Waals surface area (Å²) in [7, 11) is 1.50. The number of halogens is 2. The number of carbonyl (C=O) groups is 1. The molecule has 33 heavy (non-hydrogen) atoms. The summed E-state index contributed by atoms with van der Waals surface area (Å²) in [5.74, 6) is -2.05. The molecule has 1 N–H and O–H groups in total. The molecule has 3 aromatic heterocycles. The minimum Gasteiger partial charge on any atom is -0.481 e. The first-order chi connectivity index (χ1) is 15.8. The average Bonchev–Trinajstić information content (AvgIpc) is 3.27. The Bertz CT molecular complexity index is 1480. The van der Waals surface area contributed by atoms with Gasteiger partial charge in [0.2, 0.25) is 5.88 Å². The Morgan fingerprint density at radius 1 is 1.15 bits per heavy atom. The third kappa shape index (κ3) is 4.40. The quantitative estimate of drug-likeness (QED) is 0.465. The van der Waals surface area contributed by atoms with Crippen LogP contribution in [0.4, 0.5) is 8.78 Å². The number of pyridine rings is 1. The Labute approximate surface area is 189 Å². The number of thiazole rings is 1. The van der Waals surface area contributed by atoms with Crippen LogP contribution in [0.2, 0.25) is 0 Å². The number of hydrogen-bond acceptors (Lipinski definition) is 6. The summed E-state index contributed by atoms with van der Waals surface area (Å²) in [4.78, 5) is 43.0. The number of nitrogens with one attached hydrogen (secondary N) is 1. The van der Waals surface area contributed by atoms with Crippen molar-refractivity contribution in [1.82, 2.24) is 19.3 Å². The van der Waals surface area contributed by atoms with E-state index in [4.69, 9.17) is 4.74 Å². The van der Waals surface area contributed by atoms with Gasteiger partial charge in [-0.2, -0.15) is 0 Å². The molecular formula is C22H18F2N4O4S. The van der Waals surface area contributed by atoms with Crippen molar-refractivity contribution in [3.05, 3.63) is 96.8 Å². The number of amides is 1. The molecule has 0 atom stereocenters. The SMILES string of the molecule is COc1ccc(CNC(=O)c2cn3c(=O)n(Cc4ccc(F)c(F)c4)c(=O)c(C)c3s2)cn1. The lowest BCUT2D eigenvalue weighted by molar-refractivity contribution is 0.0954. The van der Waals surface area contributed by atoms with Crippen LogP contribution in [0.3, 0.4) is 0 Å². The monoisotopic (exact) mass is 472 g/mol. The Morgan fingerprint density at radius 2 is 1.91 bits per heavy atom. The highest BCUT2D eigenvalue weighted by Gasteiger charge is 2.18. The summed E-state index contributed by atoms with van der Waals surface area (Å²) < 4.78 is 33.9. The van der Waals surface area contributed by atoms with Gasteiger partial charge in [0.05, 0.1) is 13.7 Å². The number of methoxy groups -OCH3 is 1. The molecule has 4 aromatic rings. The molecule has 0 unspecified atom stereocenters. The van der Waals surface area contributed by atoms with Gasteiger partial charge in [-0.25, -0.2) is 18.6 Å². The van der Waals surface area contributed by atoms with Crippen LogP contribution in [-0.2, 0) is 13.1 Å². The fraction of sp³-hybridized carbons (Fsp3) is 0.182. The topological polar surface area (TPSA) is 94.7 Å². The van der Waals surface area contributed by atoms with Crippen molar-refractivity contribution in [3.8, 4) is 5.88 Å². The van der Waals surface area contributed by atoms with Gasteiger partial charge in [0, 0.05) is 30.6 Å². The summed E-state index contributed by atoms with van der Waals surface area (Å²) in [5.41, 5.74) is 0.0296. The molecule has 8 nitrogen and oxygen atoms in total. The van der Waals surface area contributed by atoms with Crippen LogP contribution >= 0.6 is 11.3 Å². The smallest absolute Gasteiger partial charge is 0.336 e. The summed E-state index contributed by atoms with van der Waals surface area (Å²) in [5, 5.41) is 2.75. The fourth-order valence-corrected chi connectivity index (χ4v) is 4.24. The molecule has 0 saturated heterocycles. The van der Waals surface area contributed by atoms with E-state index < -0.39 is 28.8 Å². The Morgan fingerprint density at radius 3 is 2.58 bits per heavy atom. The van der Waals surface area contributed by atoms with E-state index in [1.54, 1.807) is 25.3 Å². The molecule has 1 aromatic carbocycles. The van der Waals surface area contributed by atoms with Gasteiger partial charge in [-0.05, 0) is 30.2 Å². The van der Waals surface area contributed by atoms with Gasteiger partial charge in [0.1, 0.15) is 9.71 Å². The minimum atomic E-state index is -1.07. The minimum absolute atomic E-state index is 0.209. The van der Waals surface area contributed by atoms with Crippen LogP contribution in [-0.4, -0.2) is 27.0 Å². The predicted molar refractivity (Wildman–Crippen MR) is 118 cm³/mol. The lowest BCUT2D eigenvalue weighted by Crippen LogP contribution is -2.38. The Kier molecular flexibility index (Phi) is 6.05. The molecule has 0 fully saturated rings. The molecule has 170 valence electrons. The number of hydrogen-bond donors (Lipinski definition) is 1. The molecule has 0 aliphatic rings. The maximum absolute atomic E-state index is 13.5. The van der Waals surface area contributed by atoms with Crippen molar-refractivity contribution in [1.29, 1.82) is 0 Å². The zero-order valence-electron chi connectivity index (χ0n) is 17.6. The number of aryl methyl sites for hydroxylation is 1. The van der Waals surface area contributed by atoms with Crippen LogP contribution in [0.1, 0.15) is 26.4 Å². The second-order valence-corrected chi connectivity index (χ2v) is 8.24. The summed E-state index contributed by atoms with van der Waals surface area (Å²) in [6.07, 6.45) is 2.93. The lowest BCUT2D eigenvalue weighted by Gasteiger charge is -2.08. The normalized spacial score (nSPS) is 11.0. The first-order valence-electron chi connectivity index (χ1n) is 9.75. The fourth-order valence-electron chi connectivity index (χ4n) is 3.24. The summed E-state index contributed by atoms with van der Waals surface area (Å²) in [6, 6.07) is 6.60. The van der Waals surface area contributed by atoms with E-state index in [9.17, 15) is 23.2 Å². The second-order valence-electron chi connectivity index (χ2n) is 7.21. The number of benzene rings is 1. The molecule has 0 aliphatic heterocycles. The maximum atomic E-state index is 13.5. The van der Waals surface area contributed by atoms with Gasteiger partial charge in [-0.1, -0.05) is 12.1 Å². The van der Waals surface area contributed by atoms with E-state index in [-0.39, 0.29) is 29.1 Å². The molecule has 3 heterocycles. The lowest BCUT2D eigenvalue weighted by atomic mass is 10.2. The molecule has 0 bridgehead atoms. The zero-order chi connectivity index (χ0) is 23.7. The van der Waals surface area contributed by atoms with Gasteiger partial charge < -0.3 is 10.1 Å². The van der Waals surface area contributed by atoms with E-state index in [2.05, 4.69) is 10.3 Å². The Hall–Kier alpha value is -3.86. The van der Waals surface area contributed by atoms with Gasteiger partial charge in [-0.15, -0.1) is 11.3 Å². The summed E-state index contributed by atoms with van der Waals surface area (Å²) >= 11 is 1.01. The van der Waals surface area contributed by atoms with Crippen molar-refractivity contribution in [2.75, 3.05) is 7.11 Å². The Balaban J connectivity index is 1.62. The number of nitrogens with zero attached hydrogens (tertiary/aromatic N) is 3. The van der Waals surface area contributed by atoms with Gasteiger partial charge in [0.25, 0.3) is 11.5 Å². The number of aromatic nitrogens is 3. The van der Waals surface area contributed by atoms with Crippen LogP contribution in [0.15, 0.2) is 52.3 Å². The molecule has 11 heteroatoms. The first-order valence-corrected chi connectivity index (χ1v) is 10.6. The van der Waals surface area contributed by atoms with Crippen molar-refractivity contribution in [2.45, 2.75) is 20.0 Å². The highest BCUT2D eigenvalue weighted by atomic mass is 32.1. The third-order valence-electron chi connectivity index (χ3n) is 5.00. The highest BCUT2D eigenvalue weighted by molar-refractivity contribution is 7.19. The molecule has 0 saturated carbocycles.